The molecule has 1 fully saturated rings. The van der Waals surface area contributed by atoms with E-state index in [0.717, 1.165) is 31.0 Å². The van der Waals surface area contributed by atoms with E-state index in [2.05, 4.69) is 25.5 Å². The number of amides is 1. The van der Waals surface area contributed by atoms with Gasteiger partial charge in [0.25, 0.3) is 0 Å². The summed E-state index contributed by atoms with van der Waals surface area (Å²) in [6.45, 7) is 6.59. The topological polar surface area (TPSA) is 72.9 Å². The van der Waals surface area contributed by atoms with Gasteiger partial charge >= 0.3 is 0 Å². The van der Waals surface area contributed by atoms with Crippen LogP contribution in [0.5, 0.6) is 0 Å². The second-order valence-corrected chi connectivity index (χ2v) is 7.04. The lowest BCUT2D eigenvalue weighted by molar-refractivity contribution is -0.131. The second kappa shape index (κ2) is 13.1. The van der Waals surface area contributed by atoms with Gasteiger partial charge in [-0.2, -0.15) is 0 Å². The molecule has 1 aliphatic heterocycles. The number of aromatic nitrogens is 1. The Morgan fingerprint density at radius 1 is 1.10 bits per heavy atom. The van der Waals surface area contributed by atoms with Crippen LogP contribution in [0.15, 0.2) is 53.7 Å². The molecule has 1 saturated heterocycles. The number of nitrogens with zero attached hydrogens (tertiary/aromatic N) is 4. The second-order valence-electron chi connectivity index (χ2n) is 7.04. The number of piperazine rings is 1. The molecular weight excluding hydrogens is 510 g/mol. The Bertz CT molecular complexity index is 826. The van der Waals surface area contributed by atoms with E-state index in [1.165, 1.54) is 12.1 Å². The van der Waals surface area contributed by atoms with Crippen LogP contribution in [-0.2, 0) is 11.3 Å². The van der Waals surface area contributed by atoms with E-state index in [9.17, 15) is 9.18 Å². The van der Waals surface area contributed by atoms with Crippen molar-refractivity contribution in [1.29, 1.82) is 0 Å². The van der Waals surface area contributed by atoms with E-state index < -0.39 is 0 Å². The lowest BCUT2D eigenvalue weighted by Gasteiger charge is -2.36. The van der Waals surface area contributed by atoms with Crippen LogP contribution in [0.1, 0.15) is 19.0 Å². The molecule has 3 rings (SSSR count). The van der Waals surface area contributed by atoms with Gasteiger partial charge in [0, 0.05) is 57.6 Å². The summed E-state index contributed by atoms with van der Waals surface area (Å²) >= 11 is 0. The van der Waals surface area contributed by atoms with Gasteiger partial charge in [-0.3, -0.25) is 9.78 Å². The number of hydrogen-bond donors (Lipinski definition) is 2. The summed E-state index contributed by atoms with van der Waals surface area (Å²) in [6, 6.07) is 12.2. The first kappa shape index (κ1) is 24.8. The quantitative estimate of drug-likeness (QED) is 0.321. The summed E-state index contributed by atoms with van der Waals surface area (Å²) in [4.78, 5) is 25.4. The van der Waals surface area contributed by atoms with Crippen LogP contribution in [-0.4, -0.2) is 61.0 Å². The molecule has 1 aliphatic rings. The van der Waals surface area contributed by atoms with E-state index in [1.54, 1.807) is 18.3 Å². The maximum atomic E-state index is 13.1. The Hall–Kier alpha value is -2.43. The highest BCUT2D eigenvalue weighted by Crippen LogP contribution is 2.17. The van der Waals surface area contributed by atoms with Crippen molar-refractivity contribution in [2.45, 2.75) is 19.9 Å². The van der Waals surface area contributed by atoms with Crippen LogP contribution in [0.3, 0.4) is 0 Å². The highest BCUT2D eigenvalue weighted by molar-refractivity contribution is 14.0. The fourth-order valence-electron chi connectivity index (χ4n) is 3.31. The van der Waals surface area contributed by atoms with Crippen molar-refractivity contribution >= 4 is 41.5 Å². The summed E-state index contributed by atoms with van der Waals surface area (Å²) in [5.41, 5.74) is 1.88. The fraction of sp³-hybridized carbons (Fsp3) is 0.409. The Kier molecular flexibility index (Phi) is 10.5. The molecule has 1 aromatic carbocycles. The molecule has 0 bridgehead atoms. The summed E-state index contributed by atoms with van der Waals surface area (Å²) < 4.78 is 13.1. The third kappa shape index (κ3) is 7.97. The smallest absolute Gasteiger partial charge is 0.224 e. The van der Waals surface area contributed by atoms with Crippen molar-refractivity contribution in [1.82, 2.24) is 20.5 Å². The molecule has 1 aromatic heterocycles. The first-order valence-corrected chi connectivity index (χ1v) is 10.4. The van der Waals surface area contributed by atoms with Crippen LogP contribution in [0.4, 0.5) is 10.1 Å². The Labute approximate surface area is 200 Å². The minimum atomic E-state index is -0.236. The van der Waals surface area contributed by atoms with E-state index in [0.29, 0.717) is 38.6 Å². The third-order valence-electron chi connectivity index (χ3n) is 4.92. The molecule has 0 unspecified atom stereocenters. The van der Waals surface area contributed by atoms with Crippen molar-refractivity contribution in [3.8, 4) is 0 Å². The molecule has 2 heterocycles. The molecule has 9 heteroatoms. The van der Waals surface area contributed by atoms with Crippen molar-refractivity contribution in [3.63, 3.8) is 0 Å². The van der Waals surface area contributed by atoms with Crippen LogP contribution < -0.4 is 15.5 Å². The lowest BCUT2D eigenvalue weighted by Crippen LogP contribution is -2.49. The number of hydrogen-bond acceptors (Lipinski definition) is 4. The van der Waals surface area contributed by atoms with Gasteiger partial charge in [0.2, 0.25) is 5.91 Å². The zero-order chi connectivity index (χ0) is 21.2. The molecule has 1 amide bonds. The molecule has 7 nitrogen and oxygen atoms in total. The number of rotatable bonds is 7. The van der Waals surface area contributed by atoms with E-state index >= 15 is 0 Å². The fourth-order valence-corrected chi connectivity index (χ4v) is 3.31. The van der Waals surface area contributed by atoms with Crippen LogP contribution >= 0.6 is 24.0 Å². The predicted molar refractivity (Wildman–Crippen MR) is 132 cm³/mol. The molecule has 168 valence electrons. The predicted octanol–water partition coefficient (Wildman–Crippen LogP) is 2.63. The highest BCUT2D eigenvalue weighted by atomic mass is 127. The van der Waals surface area contributed by atoms with Crippen LogP contribution in [0.2, 0.25) is 0 Å². The van der Waals surface area contributed by atoms with E-state index in [1.807, 2.05) is 30.0 Å². The molecule has 2 N–H and O–H groups in total. The normalized spacial score (nSPS) is 14.1. The zero-order valence-corrected chi connectivity index (χ0v) is 20.1. The number of guanidine groups is 1. The van der Waals surface area contributed by atoms with Gasteiger partial charge in [-0.1, -0.05) is 6.07 Å². The summed E-state index contributed by atoms with van der Waals surface area (Å²) in [5, 5.41) is 6.41. The number of carbonyl (C=O) groups is 1. The van der Waals surface area contributed by atoms with Gasteiger partial charge in [0.05, 0.1) is 12.2 Å². The van der Waals surface area contributed by atoms with Gasteiger partial charge in [-0.15, -0.1) is 24.0 Å². The molecule has 0 saturated carbocycles. The van der Waals surface area contributed by atoms with E-state index in [4.69, 9.17) is 0 Å². The number of anilines is 1. The lowest BCUT2D eigenvalue weighted by atomic mass is 10.2. The first-order chi connectivity index (χ1) is 14.7. The number of benzene rings is 1. The maximum Gasteiger partial charge on any atom is 0.224 e. The molecular formula is C22H30FIN6O. The Balaban J connectivity index is 0.00000341. The average molecular weight is 540 g/mol. The van der Waals surface area contributed by atoms with Crippen LogP contribution in [0, 0.1) is 5.82 Å². The van der Waals surface area contributed by atoms with Crippen molar-refractivity contribution < 1.29 is 9.18 Å². The molecule has 0 aliphatic carbocycles. The van der Waals surface area contributed by atoms with Crippen molar-refractivity contribution in [2.24, 2.45) is 4.99 Å². The van der Waals surface area contributed by atoms with Gasteiger partial charge in [-0.25, -0.2) is 9.38 Å². The number of halogens is 2. The average Bonchev–Trinajstić information content (AvgIpc) is 2.79. The zero-order valence-electron chi connectivity index (χ0n) is 17.8. The van der Waals surface area contributed by atoms with Crippen LogP contribution in [0.25, 0.3) is 0 Å². The molecule has 0 spiro atoms. The molecule has 0 radical (unpaired) electrons. The summed E-state index contributed by atoms with van der Waals surface area (Å²) in [6.07, 6.45) is 2.16. The summed E-state index contributed by atoms with van der Waals surface area (Å²) in [7, 11) is 0. The molecule has 31 heavy (non-hydrogen) atoms. The first-order valence-electron chi connectivity index (χ1n) is 10.4. The van der Waals surface area contributed by atoms with E-state index in [-0.39, 0.29) is 35.7 Å². The minimum absolute atomic E-state index is 0. The standard InChI is InChI=1S/C22H29FN6O.HI/c1-2-24-22(27-17-19-5-3-4-11-25-19)26-12-10-21(30)29-15-13-28(14-16-29)20-8-6-18(23)7-9-20;/h3-9,11H,2,10,12-17H2,1H3,(H2,24,26,27);1H. The third-order valence-corrected chi connectivity index (χ3v) is 4.92. The largest absolute Gasteiger partial charge is 0.368 e. The number of nitrogens with one attached hydrogen (secondary N) is 2. The number of aliphatic imine (C=N–C) groups is 1. The molecule has 2 aromatic rings. The van der Waals surface area contributed by atoms with Gasteiger partial charge in [0.15, 0.2) is 5.96 Å². The van der Waals surface area contributed by atoms with Gasteiger partial charge in [-0.05, 0) is 43.3 Å². The van der Waals surface area contributed by atoms with Gasteiger partial charge in [0.1, 0.15) is 5.82 Å². The van der Waals surface area contributed by atoms with Crippen molar-refractivity contribution in [3.05, 3.63) is 60.2 Å². The summed E-state index contributed by atoms with van der Waals surface area (Å²) in [5.74, 6) is 0.569. The SMILES string of the molecule is CCNC(=NCc1ccccn1)NCCC(=O)N1CCN(c2ccc(F)cc2)CC1.I. The van der Waals surface area contributed by atoms with Crippen molar-refractivity contribution in [2.75, 3.05) is 44.2 Å². The molecule has 0 atom stereocenters. The highest BCUT2D eigenvalue weighted by Gasteiger charge is 2.21. The number of pyridine rings is 1. The Morgan fingerprint density at radius 3 is 2.48 bits per heavy atom. The monoisotopic (exact) mass is 540 g/mol. The minimum Gasteiger partial charge on any atom is -0.368 e. The maximum absolute atomic E-state index is 13.1. The Morgan fingerprint density at radius 2 is 1.84 bits per heavy atom. The number of carbonyl (C=O) groups excluding carboxylic acids is 1. The van der Waals surface area contributed by atoms with Gasteiger partial charge < -0.3 is 20.4 Å².